The van der Waals surface area contributed by atoms with Crippen molar-refractivity contribution >= 4 is 9.84 Å². The highest BCUT2D eigenvalue weighted by molar-refractivity contribution is 7.91. The zero-order valence-electron chi connectivity index (χ0n) is 10.2. The van der Waals surface area contributed by atoms with Crippen LogP contribution >= 0.6 is 0 Å². The summed E-state index contributed by atoms with van der Waals surface area (Å²) in [4.78, 5) is 0. The lowest BCUT2D eigenvalue weighted by atomic mass is 10.1. The molecule has 0 aliphatic rings. The van der Waals surface area contributed by atoms with Gasteiger partial charge in [0.25, 0.3) is 0 Å². The van der Waals surface area contributed by atoms with Gasteiger partial charge in [0, 0.05) is 6.42 Å². The van der Waals surface area contributed by atoms with Crippen LogP contribution in [0, 0.1) is 18.3 Å². The number of unbranched alkanes of at least 4 members (excludes halogenated alkanes) is 1. The summed E-state index contributed by atoms with van der Waals surface area (Å²) in [5, 5.41) is 7.91. The molecule has 0 spiro atoms. The molecule has 4 heteroatoms. The number of hydrogen-bond acceptors (Lipinski definition) is 3. The van der Waals surface area contributed by atoms with Crippen molar-refractivity contribution in [3.8, 4) is 6.07 Å². The molecule has 92 valence electrons. The smallest absolute Gasteiger partial charge is 0.157 e. The van der Waals surface area contributed by atoms with Crippen LogP contribution in [0.5, 0.6) is 0 Å². The fourth-order valence-electron chi connectivity index (χ4n) is 1.66. The van der Waals surface area contributed by atoms with Gasteiger partial charge in [0.2, 0.25) is 0 Å². The van der Waals surface area contributed by atoms with Crippen LogP contribution in [0.15, 0.2) is 24.3 Å². The highest BCUT2D eigenvalue weighted by atomic mass is 32.2. The maximum Gasteiger partial charge on any atom is 0.157 e. The van der Waals surface area contributed by atoms with Crippen molar-refractivity contribution < 1.29 is 8.42 Å². The summed E-state index contributed by atoms with van der Waals surface area (Å²) in [6.45, 7) is 3.65. The van der Waals surface area contributed by atoms with E-state index in [1.807, 2.05) is 37.3 Å². The second kappa shape index (κ2) is 5.83. The molecule has 0 aliphatic heterocycles. The molecule has 0 bridgehead atoms. The average molecular weight is 251 g/mol. The Kier molecular flexibility index (Phi) is 4.71. The van der Waals surface area contributed by atoms with E-state index in [1.165, 1.54) is 0 Å². The Balaban J connectivity index is 2.82. The van der Waals surface area contributed by atoms with Gasteiger partial charge in [-0.1, -0.05) is 29.8 Å². The lowest BCUT2D eigenvalue weighted by Gasteiger charge is -2.13. The van der Waals surface area contributed by atoms with E-state index in [0.29, 0.717) is 12.8 Å². The Morgan fingerprint density at radius 2 is 2.12 bits per heavy atom. The molecular formula is C13H17NO2S. The Labute approximate surface area is 103 Å². The van der Waals surface area contributed by atoms with Crippen LogP contribution in [0.25, 0.3) is 0 Å². The molecule has 0 radical (unpaired) electrons. The van der Waals surface area contributed by atoms with Gasteiger partial charge in [0.15, 0.2) is 9.84 Å². The van der Waals surface area contributed by atoms with Crippen molar-refractivity contribution in [2.45, 2.75) is 31.9 Å². The van der Waals surface area contributed by atoms with Crippen LogP contribution in [0.3, 0.4) is 0 Å². The van der Waals surface area contributed by atoms with Gasteiger partial charge in [0.05, 0.1) is 17.1 Å². The number of nitrogens with zero attached hydrogens (tertiary/aromatic N) is 1. The van der Waals surface area contributed by atoms with Gasteiger partial charge < -0.3 is 0 Å². The lowest BCUT2D eigenvalue weighted by Crippen LogP contribution is -2.14. The largest absolute Gasteiger partial charge is 0.228 e. The number of benzene rings is 1. The van der Waals surface area contributed by atoms with E-state index in [4.69, 9.17) is 5.26 Å². The SMILES string of the molecule is Cc1cccc(C(C)S(=O)(=O)CCCC#N)c1. The standard InChI is InChI=1S/C13H17NO2S/c1-11-6-5-7-13(10-11)12(2)17(15,16)9-4-3-8-14/h5-7,10,12H,3-4,9H2,1-2H3. The molecule has 0 aliphatic carbocycles. The van der Waals surface area contributed by atoms with Gasteiger partial charge in [0.1, 0.15) is 0 Å². The van der Waals surface area contributed by atoms with E-state index >= 15 is 0 Å². The first-order valence-corrected chi connectivity index (χ1v) is 7.34. The molecular weight excluding hydrogens is 234 g/mol. The maximum absolute atomic E-state index is 12.0. The minimum absolute atomic E-state index is 0.0790. The zero-order valence-corrected chi connectivity index (χ0v) is 11.0. The summed E-state index contributed by atoms with van der Waals surface area (Å²) >= 11 is 0. The number of nitriles is 1. The van der Waals surface area contributed by atoms with Crippen LogP contribution in [0.1, 0.15) is 36.1 Å². The molecule has 0 fully saturated rings. The van der Waals surface area contributed by atoms with E-state index in [-0.39, 0.29) is 5.75 Å². The number of aryl methyl sites for hydroxylation is 1. The molecule has 0 saturated heterocycles. The number of rotatable bonds is 5. The first kappa shape index (κ1) is 13.7. The normalized spacial score (nSPS) is 13.0. The second-order valence-electron chi connectivity index (χ2n) is 4.19. The molecule has 1 aromatic rings. The summed E-state index contributed by atoms with van der Waals surface area (Å²) in [5.74, 6) is 0.0790. The first-order valence-electron chi connectivity index (χ1n) is 5.62. The van der Waals surface area contributed by atoms with Gasteiger partial charge >= 0.3 is 0 Å². The number of hydrogen-bond donors (Lipinski definition) is 0. The minimum Gasteiger partial charge on any atom is -0.228 e. The van der Waals surface area contributed by atoms with Crippen LogP contribution in [-0.4, -0.2) is 14.2 Å². The highest BCUT2D eigenvalue weighted by Gasteiger charge is 2.21. The highest BCUT2D eigenvalue weighted by Crippen LogP contribution is 2.23. The average Bonchev–Trinajstić information content (AvgIpc) is 2.28. The van der Waals surface area contributed by atoms with Crippen molar-refractivity contribution in [2.24, 2.45) is 0 Å². The summed E-state index contributed by atoms with van der Waals surface area (Å²) in [7, 11) is -3.15. The second-order valence-corrected chi connectivity index (χ2v) is 6.63. The molecule has 0 heterocycles. The monoisotopic (exact) mass is 251 g/mol. The third-order valence-electron chi connectivity index (χ3n) is 2.77. The van der Waals surface area contributed by atoms with Gasteiger partial charge in [-0.15, -0.1) is 0 Å². The summed E-state index contributed by atoms with van der Waals surface area (Å²) in [5.41, 5.74) is 1.88. The van der Waals surface area contributed by atoms with Crippen LogP contribution in [0.2, 0.25) is 0 Å². The van der Waals surface area contributed by atoms with Gasteiger partial charge in [-0.3, -0.25) is 0 Å². The van der Waals surface area contributed by atoms with E-state index in [9.17, 15) is 8.42 Å². The molecule has 1 aromatic carbocycles. The van der Waals surface area contributed by atoms with Gasteiger partial charge in [-0.25, -0.2) is 8.42 Å². The van der Waals surface area contributed by atoms with Crippen molar-refractivity contribution in [3.05, 3.63) is 35.4 Å². The fraction of sp³-hybridized carbons (Fsp3) is 0.462. The van der Waals surface area contributed by atoms with E-state index in [0.717, 1.165) is 11.1 Å². The third kappa shape index (κ3) is 3.86. The van der Waals surface area contributed by atoms with Crippen molar-refractivity contribution in [1.82, 2.24) is 0 Å². The Morgan fingerprint density at radius 1 is 1.41 bits per heavy atom. The van der Waals surface area contributed by atoms with Crippen LogP contribution in [0.4, 0.5) is 0 Å². The number of sulfone groups is 1. The summed E-state index contributed by atoms with van der Waals surface area (Å²) in [6.07, 6.45) is 0.703. The molecule has 1 rings (SSSR count). The molecule has 1 atom stereocenters. The summed E-state index contributed by atoms with van der Waals surface area (Å²) in [6, 6.07) is 9.50. The van der Waals surface area contributed by atoms with Crippen molar-refractivity contribution in [3.63, 3.8) is 0 Å². The van der Waals surface area contributed by atoms with Gasteiger partial charge in [-0.05, 0) is 25.8 Å². The maximum atomic E-state index is 12.0. The molecule has 0 amide bonds. The fourth-order valence-corrected chi connectivity index (χ4v) is 3.12. The van der Waals surface area contributed by atoms with Crippen LogP contribution in [-0.2, 0) is 9.84 Å². The molecule has 0 saturated carbocycles. The van der Waals surface area contributed by atoms with E-state index in [1.54, 1.807) is 6.92 Å². The Hall–Kier alpha value is -1.34. The van der Waals surface area contributed by atoms with Crippen LogP contribution < -0.4 is 0 Å². The Morgan fingerprint density at radius 3 is 2.71 bits per heavy atom. The first-order chi connectivity index (χ1) is 7.97. The molecule has 3 nitrogen and oxygen atoms in total. The van der Waals surface area contributed by atoms with Gasteiger partial charge in [-0.2, -0.15) is 5.26 Å². The van der Waals surface area contributed by atoms with Crippen molar-refractivity contribution in [2.75, 3.05) is 5.75 Å². The minimum atomic E-state index is -3.15. The zero-order chi connectivity index (χ0) is 12.9. The summed E-state index contributed by atoms with van der Waals surface area (Å²) < 4.78 is 24.0. The van der Waals surface area contributed by atoms with E-state index < -0.39 is 15.1 Å². The Bertz CT molecular complexity index is 514. The van der Waals surface area contributed by atoms with Crippen molar-refractivity contribution in [1.29, 1.82) is 5.26 Å². The van der Waals surface area contributed by atoms with E-state index in [2.05, 4.69) is 0 Å². The third-order valence-corrected chi connectivity index (χ3v) is 4.97. The quantitative estimate of drug-likeness (QED) is 0.756. The molecule has 1 unspecified atom stereocenters. The predicted molar refractivity (Wildman–Crippen MR) is 68.2 cm³/mol. The molecule has 0 N–H and O–H groups in total. The lowest BCUT2D eigenvalue weighted by molar-refractivity contribution is 0.584. The topological polar surface area (TPSA) is 57.9 Å². The molecule has 0 aromatic heterocycles. The molecule has 17 heavy (non-hydrogen) atoms. The predicted octanol–water partition coefficient (Wildman–Crippen LogP) is 2.77.